The number of anilines is 1. The number of hydrogen-bond acceptors (Lipinski definition) is 7. The summed E-state index contributed by atoms with van der Waals surface area (Å²) in [5, 5.41) is 0.638. The van der Waals surface area contributed by atoms with Gasteiger partial charge in [0, 0.05) is 10.8 Å². The maximum Gasteiger partial charge on any atom is 0.348 e. The third-order valence-electron chi connectivity index (χ3n) is 3.87. The Balaban J connectivity index is 2.40. The fourth-order valence-electron chi connectivity index (χ4n) is 2.82. The first kappa shape index (κ1) is 17.6. The molecule has 4 amide bonds. The van der Waals surface area contributed by atoms with Crippen molar-refractivity contribution < 1.29 is 27.4 Å². The average Bonchev–Trinajstić information content (AvgIpc) is 2.56. The zero-order valence-electron chi connectivity index (χ0n) is 13.2. The molecule has 0 spiro atoms. The summed E-state index contributed by atoms with van der Waals surface area (Å²) in [4.78, 5) is 36.0. The summed E-state index contributed by atoms with van der Waals surface area (Å²) < 4.78 is 32.6. The van der Waals surface area contributed by atoms with Crippen LogP contribution in [0.25, 0.3) is 10.8 Å². The van der Waals surface area contributed by atoms with Crippen LogP contribution in [0.1, 0.15) is 26.3 Å². The Bertz CT molecular complexity index is 1110. The van der Waals surface area contributed by atoms with E-state index in [0.29, 0.717) is 10.6 Å². The lowest BCUT2D eigenvalue weighted by Crippen LogP contribution is -2.55. The van der Waals surface area contributed by atoms with Crippen molar-refractivity contribution >= 4 is 44.4 Å². The monoisotopic (exact) mass is 379 g/mol. The van der Waals surface area contributed by atoms with Crippen molar-refractivity contribution in [1.29, 1.82) is 0 Å². The van der Waals surface area contributed by atoms with Crippen LogP contribution in [0.5, 0.6) is 0 Å². The van der Waals surface area contributed by atoms with Crippen LogP contribution >= 0.6 is 0 Å². The van der Waals surface area contributed by atoms with Gasteiger partial charge in [-0.15, -0.1) is 0 Å². The topological polar surface area (TPSA) is 185 Å². The van der Waals surface area contributed by atoms with Crippen LogP contribution in [-0.4, -0.2) is 35.8 Å². The molecule has 0 atom stereocenters. The lowest BCUT2D eigenvalue weighted by molar-refractivity contribution is 0.0542. The quantitative estimate of drug-likeness (QED) is 0.117. The summed E-state index contributed by atoms with van der Waals surface area (Å²) in [7, 11) is -4.74. The smallest absolute Gasteiger partial charge is 0.348 e. The second-order valence-corrected chi connectivity index (χ2v) is 6.97. The van der Waals surface area contributed by atoms with E-state index in [0.717, 1.165) is 6.07 Å². The molecule has 1 heterocycles. The molecule has 1 aliphatic heterocycles. The fraction of sp³-hybridized carbons (Fsp3) is 0.0714. The molecule has 0 bridgehead atoms. The standard InChI is InChI=1S/C14H13N5O6S/c1-5-2-6-10-7(3-5)12(20)19(18-14(22)17-16)13(21)8(10)4-9(11(6)15)26(23,24)25/h2-4H,15-16H2,1H3,(H2,17,18,22)(H,23,24,25). The van der Waals surface area contributed by atoms with Gasteiger partial charge in [-0.05, 0) is 30.7 Å². The fourth-order valence-corrected chi connectivity index (χ4v) is 3.48. The highest BCUT2D eigenvalue weighted by Crippen LogP contribution is 2.37. The first-order chi connectivity index (χ1) is 12.1. The van der Waals surface area contributed by atoms with E-state index in [9.17, 15) is 27.4 Å². The molecule has 3 rings (SSSR count). The molecule has 11 nitrogen and oxygen atoms in total. The normalized spacial score (nSPS) is 13.9. The third-order valence-corrected chi connectivity index (χ3v) is 4.77. The number of hydrazine groups is 2. The molecule has 2 aromatic rings. The molecule has 136 valence electrons. The van der Waals surface area contributed by atoms with E-state index in [-0.39, 0.29) is 27.6 Å². The first-order valence-corrected chi connectivity index (χ1v) is 8.50. The molecule has 2 aromatic carbocycles. The Kier molecular flexibility index (Phi) is 3.83. The van der Waals surface area contributed by atoms with Crippen molar-refractivity contribution in [1.82, 2.24) is 15.9 Å². The number of carbonyl (C=O) groups excluding carboxylic acids is 3. The van der Waals surface area contributed by atoms with Crippen LogP contribution in [0.2, 0.25) is 0 Å². The van der Waals surface area contributed by atoms with Crippen LogP contribution in [0.4, 0.5) is 10.5 Å². The molecule has 0 aliphatic carbocycles. The molecule has 12 heteroatoms. The van der Waals surface area contributed by atoms with E-state index < -0.39 is 32.9 Å². The Labute approximate surface area is 146 Å². The Hall–Kier alpha value is -3.22. The van der Waals surface area contributed by atoms with Crippen molar-refractivity contribution in [2.45, 2.75) is 11.8 Å². The minimum absolute atomic E-state index is 0.0282. The number of benzene rings is 2. The number of urea groups is 1. The second kappa shape index (κ2) is 5.66. The maximum absolute atomic E-state index is 12.6. The number of amides is 4. The minimum atomic E-state index is -4.74. The van der Waals surface area contributed by atoms with Crippen molar-refractivity contribution in [3.8, 4) is 0 Å². The van der Waals surface area contributed by atoms with E-state index in [4.69, 9.17) is 11.6 Å². The van der Waals surface area contributed by atoms with E-state index in [1.165, 1.54) is 12.1 Å². The van der Waals surface area contributed by atoms with Crippen molar-refractivity contribution in [2.24, 2.45) is 5.84 Å². The molecule has 0 saturated heterocycles. The summed E-state index contributed by atoms with van der Waals surface area (Å²) in [6.45, 7) is 1.63. The molecule has 0 fully saturated rings. The number of hydrogen-bond donors (Lipinski definition) is 5. The van der Waals surface area contributed by atoms with E-state index in [1.807, 2.05) is 5.43 Å². The lowest BCUT2D eigenvalue weighted by Gasteiger charge is -2.28. The number of nitrogen functional groups attached to an aromatic ring is 1. The average molecular weight is 379 g/mol. The summed E-state index contributed by atoms with van der Waals surface area (Å²) in [5.74, 6) is 3.08. The minimum Gasteiger partial charge on any atom is -0.397 e. The van der Waals surface area contributed by atoms with Crippen molar-refractivity contribution in [3.05, 3.63) is 34.9 Å². The SMILES string of the molecule is Cc1cc2c3c(cc(S(=O)(=O)O)c(N)c3c1)C(=O)N(NC(=O)NN)C2=O. The number of nitrogens with two attached hydrogens (primary N) is 2. The van der Waals surface area contributed by atoms with Gasteiger partial charge in [0.2, 0.25) is 0 Å². The molecule has 0 saturated carbocycles. The highest BCUT2D eigenvalue weighted by Gasteiger charge is 2.36. The molecular weight excluding hydrogens is 366 g/mol. The Morgan fingerprint density at radius 1 is 1.15 bits per heavy atom. The van der Waals surface area contributed by atoms with Crippen LogP contribution in [0.15, 0.2) is 23.1 Å². The highest BCUT2D eigenvalue weighted by atomic mass is 32.2. The maximum atomic E-state index is 12.6. The zero-order chi connectivity index (χ0) is 19.4. The Morgan fingerprint density at radius 3 is 2.27 bits per heavy atom. The van der Waals surface area contributed by atoms with Crippen LogP contribution in [0, 0.1) is 6.92 Å². The number of imide groups is 1. The van der Waals surface area contributed by atoms with Gasteiger partial charge in [-0.3, -0.25) is 19.6 Å². The van der Waals surface area contributed by atoms with E-state index >= 15 is 0 Å². The van der Waals surface area contributed by atoms with E-state index in [2.05, 4.69) is 0 Å². The number of rotatable bonds is 2. The van der Waals surface area contributed by atoms with Crippen LogP contribution in [-0.2, 0) is 10.1 Å². The number of nitrogens with one attached hydrogen (secondary N) is 2. The van der Waals surface area contributed by atoms with Crippen LogP contribution in [0.3, 0.4) is 0 Å². The number of aryl methyl sites for hydroxylation is 1. The summed E-state index contributed by atoms with van der Waals surface area (Å²) >= 11 is 0. The summed E-state index contributed by atoms with van der Waals surface area (Å²) in [6.07, 6.45) is 0. The van der Waals surface area contributed by atoms with Gasteiger partial charge in [0.05, 0.1) is 16.8 Å². The number of nitrogens with zero attached hydrogens (tertiary/aromatic N) is 1. The van der Waals surface area contributed by atoms with Gasteiger partial charge < -0.3 is 5.73 Å². The van der Waals surface area contributed by atoms with Crippen molar-refractivity contribution in [3.63, 3.8) is 0 Å². The molecule has 0 aromatic heterocycles. The molecule has 1 aliphatic rings. The van der Waals surface area contributed by atoms with Gasteiger partial charge in [0.25, 0.3) is 21.9 Å². The second-order valence-electron chi connectivity index (χ2n) is 5.58. The molecule has 0 unspecified atom stereocenters. The largest absolute Gasteiger partial charge is 0.397 e. The predicted octanol–water partition coefficient (Wildman–Crippen LogP) is -0.339. The number of carbonyl (C=O) groups is 3. The zero-order valence-corrected chi connectivity index (χ0v) is 14.0. The highest BCUT2D eigenvalue weighted by molar-refractivity contribution is 7.86. The molecule has 0 radical (unpaired) electrons. The summed E-state index contributed by atoms with van der Waals surface area (Å²) in [6, 6.07) is 2.77. The van der Waals surface area contributed by atoms with Gasteiger partial charge in [-0.1, -0.05) is 0 Å². The molecule has 7 N–H and O–H groups in total. The lowest BCUT2D eigenvalue weighted by atomic mass is 9.92. The van der Waals surface area contributed by atoms with Crippen LogP contribution < -0.4 is 22.4 Å². The molecule has 26 heavy (non-hydrogen) atoms. The van der Waals surface area contributed by atoms with Crippen molar-refractivity contribution in [2.75, 3.05) is 5.73 Å². The van der Waals surface area contributed by atoms with Gasteiger partial charge >= 0.3 is 6.03 Å². The van der Waals surface area contributed by atoms with Gasteiger partial charge in [0.1, 0.15) is 4.90 Å². The molecular formula is C14H13N5O6S. The predicted molar refractivity (Wildman–Crippen MR) is 89.3 cm³/mol. The van der Waals surface area contributed by atoms with Gasteiger partial charge in [-0.2, -0.15) is 13.4 Å². The third kappa shape index (κ3) is 2.52. The Morgan fingerprint density at radius 2 is 1.73 bits per heavy atom. The summed E-state index contributed by atoms with van der Waals surface area (Å²) in [5.41, 5.74) is 9.56. The van der Waals surface area contributed by atoms with E-state index in [1.54, 1.807) is 12.3 Å². The first-order valence-electron chi connectivity index (χ1n) is 7.06. The van der Waals surface area contributed by atoms with Gasteiger partial charge in [-0.25, -0.2) is 16.1 Å². The van der Waals surface area contributed by atoms with Gasteiger partial charge in [0.15, 0.2) is 0 Å².